The summed E-state index contributed by atoms with van der Waals surface area (Å²) in [7, 11) is 0. The Morgan fingerprint density at radius 3 is 1.89 bits per heavy atom. The molecule has 1 heterocycles. The van der Waals surface area contributed by atoms with Gasteiger partial charge in [-0.2, -0.15) is 0 Å². The quantitative estimate of drug-likeness (QED) is 0.717. The zero-order valence-corrected chi connectivity index (χ0v) is 16.7. The average molecular weight is 368 g/mol. The van der Waals surface area contributed by atoms with Crippen molar-refractivity contribution in [2.24, 2.45) is 11.8 Å². The Bertz CT molecular complexity index is 626. The van der Waals surface area contributed by atoms with E-state index in [-0.39, 0.29) is 5.92 Å². The first-order valence-electron chi connectivity index (χ1n) is 10.2. The van der Waals surface area contributed by atoms with Gasteiger partial charge in [0, 0.05) is 19.1 Å². The Hall–Kier alpha value is -1.68. The molecule has 0 aliphatic carbocycles. The fraction of sp³-hybridized carbons (Fsp3) is 0.500. The lowest BCUT2D eigenvalue weighted by Gasteiger charge is -2.39. The Morgan fingerprint density at radius 2 is 1.41 bits per heavy atom. The SMILES string of the molecule is CC(C)COCC(CN1CCCC1)C(O)(c1ccccc1)c1ccccc1. The van der Waals surface area contributed by atoms with Crippen LogP contribution in [0.25, 0.3) is 0 Å². The van der Waals surface area contributed by atoms with Gasteiger partial charge in [0.25, 0.3) is 0 Å². The zero-order chi connectivity index (χ0) is 19.1. The summed E-state index contributed by atoms with van der Waals surface area (Å²) in [6, 6.07) is 20.2. The van der Waals surface area contributed by atoms with Gasteiger partial charge in [0.15, 0.2) is 0 Å². The van der Waals surface area contributed by atoms with Crippen molar-refractivity contribution in [2.45, 2.75) is 32.3 Å². The summed E-state index contributed by atoms with van der Waals surface area (Å²) in [6.07, 6.45) is 2.49. The molecule has 1 aliphatic rings. The Balaban J connectivity index is 1.95. The lowest BCUT2D eigenvalue weighted by Crippen LogP contribution is -2.45. The minimum atomic E-state index is -1.07. The molecule has 0 saturated carbocycles. The highest BCUT2D eigenvalue weighted by atomic mass is 16.5. The molecular weight excluding hydrogens is 334 g/mol. The molecule has 1 N–H and O–H groups in total. The van der Waals surface area contributed by atoms with Crippen LogP contribution in [-0.4, -0.2) is 42.9 Å². The van der Waals surface area contributed by atoms with Crippen LogP contribution < -0.4 is 0 Å². The summed E-state index contributed by atoms with van der Waals surface area (Å²) in [4.78, 5) is 2.47. The van der Waals surface area contributed by atoms with Crippen molar-refractivity contribution in [3.63, 3.8) is 0 Å². The molecule has 3 heteroatoms. The highest BCUT2D eigenvalue weighted by Gasteiger charge is 2.41. The van der Waals surface area contributed by atoms with Gasteiger partial charge < -0.3 is 14.7 Å². The fourth-order valence-electron chi connectivity index (χ4n) is 4.05. The fourth-order valence-corrected chi connectivity index (χ4v) is 4.05. The normalized spacial score (nSPS) is 16.7. The molecule has 27 heavy (non-hydrogen) atoms. The van der Waals surface area contributed by atoms with E-state index in [2.05, 4.69) is 18.7 Å². The molecule has 0 aromatic heterocycles. The number of hydrogen-bond acceptors (Lipinski definition) is 3. The van der Waals surface area contributed by atoms with E-state index in [1.165, 1.54) is 12.8 Å². The van der Waals surface area contributed by atoms with Gasteiger partial charge in [0.1, 0.15) is 5.60 Å². The van der Waals surface area contributed by atoms with E-state index in [0.717, 1.165) is 37.4 Å². The topological polar surface area (TPSA) is 32.7 Å². The second-order valence-electron chi connectivity index (χ2n) is 8.13. The highest BCUT2D eigenvalue weighted by molar-refractivity contribution is 5.37. The van der Waals surface area contributed by atoms with E-state index in [0.29, 0.717) is 12.5 Å². The molecule has 1 unspecified atom stereocenters. The number of nitrogens with zero attached hydrogens (tertiary/aromatic N) is 1. The third-order valence-corrected chi connectivity index (χ3v) is 5.47. The van der Waals surface area contributed by atoms with Gasteiger partial charge in [-0.15, -0.1) is 0 Å². The van der Waals surface area contributed by atoms with Crippen molar-refractivity contribution < 1.29 is 9.84 Å². The molecule has 1 aliphatic heterocycles. The Labute approximate surface area is 164 Å². The molecule has 0 amide bonds. The molecule has 1 saturated heterocycles. The van der Waals surface area contributed by atoms with Gasteiger partial charge in [0.05, 0.1) is 6.61 Å². The number of hydrogen-bond donors (Lipinski definition) is 1. The van der Waals surface area contributed by atoms with Crippen LogP contribution in [0.15, 0.2) is 60.7 Å². The van der Waals surface area contributed by atoms with Gasteiger partial charge in [-0.1, -0.05) is 74.5 Å². The number of ether oxygens (including phenoxy) is 1. The minimum Gasteiger partial charge on any atom is -0.381 e. The molecule has 0 radical (unpaired) electrons. The van der Waals surface area contributed by atoms with Crippen LogP contribution in [0.4, 0.5) is 0 Å². The first-order chi connectivity index (χ1) is 13.1. The Kier molecular flexibility index (Phi) is 7.06. The van der Waals surface area contributed by atoms with Crippen molar-refractivity contribution in [2.75, 3.05) is 32.8 Å². The minimum absolute atomic E-state index is 0.0286. The summed E-state index contributed by atoms with van der Waals surface area (Å²) in [5.74, 6) is 0.457. The van der Waals surface area contributed by atoms with Gasteiger partial charge >= 0.3 is 0 Å². The standard InChI is InChI=1S/C24H33NO2/c1-20(2)18-27-19-23(17-25-15-9-10-16-25)24(26,21-11-5-3-6-12-21)22-13-7-4-8-14-22/h3-8,11-14,20,23,26H,9-10,15-19H2,1-2H3. The van der Waals surface area contributed by atoms with Crippen LogP contribution in [-0.2, 0) is 10.3 Å². The van der Waals surface area contributed by atoms with Crippen LogP contribution >= 0.6 is 0 Å². The molecule has 146 valence electrons. The summed E-state index contributed by atoms with van der Waals surface area (Å²) in [5, 5.41) is 12.1. The molecule has 0 bridgehead atoms. The molecule has 2 aromatic rings. The van der Waals surface area contributed by atoms with Crippen molar-refractivity contribution in [3.05, 3.63) is 71.8 Å². The lowest BCUT2D eigenvalue weighted by molar-refractivity contribution is -0.0456. The van der Waals surface area contributed by atoms with Crippen LogP contribution in [0.3, 0.4) is 0 Å². The lowest BCUT2D eigenvalue weighted by atomic mass is 9.76. The van der Waals surface area contributed by atoms with E-state index in [4.69, 9.17) is 4.74 Å². The second kappa shape index (κ2) is 9.50. The largest absolute Gasteiger partial charge is 0.381 e. The van der Waals surface area contributed by atoms with E-state index in [9.17, 15) is 5.11 Å². The molecule has 2 aromatic carbocycles. The number of likely N-dealkylation sites (tertiary alicyclic amines) is 1. The molecule has 1 fully saturated rings. The van der Waals surface area contributed by atoms with E-state index in [1.807, 2.05) is 60.7 Å². The molecule has 0 spiro atoms. The van der Waals surface area contributed by atoms with Gasteiger partial charge in [-0.3, -0.25) is 0 Å². The maximum Gasteiger partial charge on any atom is 0.121 e. The third-order valence-electron chi connectivity index (χ3n) is 5.47. The highest BCUT2D eigenvalue weighted by Crippen LogP contribution is 2.38. The van der Waals surface area contributed by atoms with Crippen molar-refractivity contribution in [1.82, 2.24) is 4.90 Å². The van der Waals surface area contributed by atoms with Crippen molar-refractivity contribution in [1.29, 1.82) is 0 Å². The van der Waals surface area contributed by atoms with Crippen molar-refractivity contribution >= 4 is 0 Å². The monoisotopic (exact) mass is 367 g/mol. The van der Waals surface area contributed by atoms with Crippen molar-refractivity contribution in [3.8, 4) is 0 Å². The van der Waals surface area contributed by atoms with Crippen LogP contribution in [0, 0.1) is 11.8 Å². The predicted molar refractivity (Wildman–Crippen MR) is 111 cm³/mol. The van der Waals surface area contributed by atoms with Crippen LogP contribution in [0.1, 0.15) is 37.8 Å². The van der Waals surface area contributed by atoms with Gasteiger partial charge in [0.2, 0.25) is 0 Å². The molecular formula is C24H33NO2. The summed E-state index contributed by atoms with van der Waals surface area (Å²) >= 11 is 0. The van der Waals surface area contributed by atoms with Crippen LogP contribution in [0.5, 0.6) is 0 Å². The Morgan fingerprint density at radius 1 is 0.889 bits per heavy atom. The summed E-state index contributed by atoms with van der Waals surface area (Å²) in [5.41, 5.74) is 0.810. The second-order valence-corrected chi connectivity index (χ2v) is 8.13. The van der Waals surface area contributed by atoms with E-state index in [1.54, 1.807) is 0 Å². The molecule has 1 atom stereocenters. The molecule has 3 nitrogen and oxygen atoms in total. The number of rotatable bonds is 9. The predicted octanol–water partition coefficient (Wildman–Crippen LogP) is 4.31. The summed E-state index contributed by atoms with van der Waals surface area (Å²) in [6.45, 7) is 8.66. The smallest absolute Gasteiger partial charge is 0.121 e. The molecule has 3 rings (SSSR count). The van der Waals surface area contributed by atoms with E-state index < -0.39 is 5.60 Å². The first-order valence-corrected chi connectivity index (χ1v) is 10.2. The third kappa shape index (κ3) is 4.98. The maximum absolute atomic E-state index is 12.1. The van der Waals surface area contributed by atoms with Gasteiger partial charge in [-0.25, -0.2) is 0 Å². The number of benzene rings is 2. The van der Waals surface area contributed by atoms with Crippen LogP contribution in [0.2, 0.25) is 0 Å². The number of aliphatic hydroxyl groups is 1. The van der Waals surface area contributed by atoms with Gasteiger partial charge in [-0.05, 0) is 43.0 Å². The summed E-state index contributed by atoms with van der Waals surface area (Å²) < 4.78 is 6.07. The zero-order valence-electron chi connectivity index (χ0n) is 16.7. The maximum atomic E-state index is 12.1. The first kappa shape index (κ1) is 20.1. The van der Waals surface area contributed by atoms with E-state index >= 15 is 0 Å². The average Bonchev–Trinajstić information content (AvgIpc) is 3.21.